The van der Waals surface area contributed by atoms with Crippen molar-refractivity contribution in [1.82, 2.24) is 9.80 Å². The highest BCUT2D eigenvalue weighted by Gasteiger charge is 2.66. The number of benzene rings is 2. The molecule has 8 nitrogen and oxygen atoms in total. The topological polar surface area (TPSA) is 90.4 Å². The Morgan fingerprint density at radius 2 is 1.91 bits per heavy atom. The van der Waals surface area contributed by atoms with Crippen molar-refractivity contribution in [2.45, 2.75) is 31.4 Å². The molecule has 2 aromatic rings. The quantitative estimate of drug-likeness (QED) is 0.406. The number of para-hydroxylation sites is 1. The summed E-state index contributed by atoms with van der Waals surface area (Å²) in [5.74, 6) is -1.67. The van der Waals surface area contributed by atoms with Crippen LogP contribution in [0.15, 0.2) is 48.0 Å². The number of Topliss-reactive ketones (excluding diaryl/α,β-unsaturated/α-hetero) is 1. The smallest absolute Gasteiger partial charge is 0.296 e. The zero-order chi connectivity index (χ0) is 25.1. The number of hydrogen-bond donors (Lipinski definition) is 1. The van der Waals surface area contributed by atoms with Gasteiger partial charge in [-0.1, -0.05) is 18.2 Å². The Morgan fingerprint density at radius 1 is 1.17 bits per heavy atom. The zero-order valence-corrected chi connectivity index (χ0v) is 20.4. The third-order valence-electron chi connectivity index (χ3n) is 7.10. The van der Waals surface area contributed by atoms with Crippen molar-refractivity contribution in [3.63, 3.8) is 0 Å². The number of fused-ring (bicyclic) bond motifs is 3. The maximum atomic E-state index is 14.0. The number of amides is 2. The largest absolute Gasteiger partial charge is 0.507 e. The predicted octanol–water partition coefficient (Wildman–Crippen LogP) is 2.51. The van der Waals surface area contributed by atoms with Crippen LogP contribution in [0.4, 0.5) is 5.69 Å². The van der Waals surface area contributed by atoms with Crippen molar-refractivity contribution >= 4 is 29.0 Å². The molecule has 0 aliphatic carbocycles. The fourth-order valence-corrected chi connectivity index (χ4v) is 5.53. The van der Waals surface area contributed by atoms with Crippen molar-refractivity contribution in [1.29, 1.82) is 0 Å². The molecule has 1 N–H and O–H groups in total. The molecule has 3 aliphatic rings. The molecule has 3 aliphatic heterocycles. The number of likely N-dealkylation sites (tertiary alicyclic amines) is 1. The molecule has 2 unspecified atom stereocenters. The first-order valence-electron chi connectivity index (χ1n) is 11.8. The summed E-state index contributed by atoms with van der Waals surface area (Å²) in [7, 11) is 5.47. The molecule has 0 saturated carbocycles. The summed E-state index contributed by atoms with van der Waals surface area (Å²) < 4.78 is 5.76. The lowest BCUT2D eigenvalue weighted by molar-refractivity contribution is -0.143. The van der Waals surface area contributed by atoms with Gasteiger partial charge in [0.25, 0.3) is 17.6 Å². The molecule has 0 aromatic heterocycles. The van der Waals surface area contributed by atoms with Gasteiger partial charge in [-0.05, 0) is 63.8 Å². The molecule has 1 spiro atoms. The lowest BCUT2D eigenvalue weighted by atomic mass is 9.81. The molecule has 0 bridgehead atoms. The first-order valence-corrected chi connectivity index (χ1v) is 11.8. The second-order valence-electron chi connectivity index (χ2n) is 9.71. The second-order valence-corrected chi connectivity index (χ2v) is 9.71. The van der Waals surface area contributed by atoms with Crippen LogP contribution in [0, 0.1) is 0 Å². The van der Waals surface area contributed by atoms with Gasteiger partial charge in [-0.2, -0.15) is 0 Å². The van der Waals surface area contributed by atoms with Crippen molar-refractivity contribution in [2.75, 3.05) is 39.1 Å². The minimum atomic E-state index is -1.71. The molecule has 2 atom stereocenters. The Kier molecular flexibility index (Phi) is 5.44. The molecule has 5 rings (SSSR count). The van der Waals surface area contributed by atoms with E-state index in [1.54, 1.807) is 43.4 Å². The van der Waals surface area contributed by atoms with Gasteiger partial charge in [0.1, 0.15) is 17.6 Å². The Morgan fingerprint density at radius 3 is 2.66 bits per heavy atom. The van der Waals surface area contributed by atoms with Gasteiger partial charge in [0.05, 0.1) is 5.57 Å². The lowest BCUT2D eigenvalue weighted by Gasteiger charge is -2.34. The molecule has 182 valence electrons. The summed E-state index contributed by atoms with van der Waals surface area (Å²) in [4.78, 5) is 45.7. The highest BCUT2D eigenvalue weighted by atomic mass is 16.5. The summed E-state index contributed by atoms with van der Waals surface area (Å²) in [6.45, 7) is 2.83. The number of carbonyl (C=O) groups excluding carboxylic acids is 3. The van der Waals surface area contributed by atoms with Gasteiger partial charge in [-0.3, -0.25) is 14.4 Å². The third kappa shape index (κ3) is 3.27. The van der Waals surface area contributed by atoms with Gasteiger partial charge in [-0.15, -0.1) is 0 Å². The fraction of sp³-hybridized carbons (Fsp3) is 0.370. The van der Waals surface area contributed by atoms with Crippen LogP contribution in [0.1, 0.15) is 30.0 Å². The number of rotatable bonds is 5. The average Bonchev–Trinajstić information content (AvgIpc) is 3.39. The summed E-state index contributed by atoms with van der Waals surface area (Å²) in [6.07, 6.45) is 1.25. The number of ether oxygens (including phenoxy) is 1. The van der Waals surface area contributed by atoms with E-state index >= 15 is 0 Å². The highest BCUT2D eigenvalue weighted by molar-refractivity contribution is 6.50. The van der Waals surface area contributed by atoms with E-state index in [2.05, 4.69) is 0 Å². The maximum absolute atomic E-state index is 14.0. The number of anilines is 1. The van der Waals surface area contributed by atoms with E-state index in [9.17, 15) is 19.5 Å². The number of ketones is 1. The molecule has 2 aromatic carbocycles. The van der Waals surface area contributed by atoms with E-state index in [0.717, 1.165) is 11.3 Å². The molecule has 2 amide bonds. The predicted molar refractivity (Wildman–Crippen MR) is 131 cm³/mol. The SMILES string of the molecule is CC1Cc2cc(C(O)=C3C(=O)C(=O)N(CCCN(C)C)C34C(=O)N(C)c3ccccc34)ccc2O1. The van der Waals surface area contributed by atoms with Crippen LogP contribution in [0.2, 0.25) is 0 Å². The number of hydrogen-bond acceptors (Lipinski definition) is 6. The second kappa shape index (κ2) is 8.23. The van der Waals surface area contributed by atoms with Gasteiger partial charge >= 0.3 is 0 Å². The van der Waals surface area contributed by atoms with Crippen LogP contribution in [-0.4, -0.2) is 72.8 Å². The minimum absolute atomic E-state index is 0.0141. The first-order chi connectivity index (χ1) is 16.7. The monoisotopic (exact) mass is 475 g/mol. The molecule has 35 heavy (non-hydrogen) atoms. The Balaban J connectivity index is 1.73. The average molecular weight is 476 g/mol. The van der Waals surface area contributed by atoms with E-state index < -0.39 is 23.1 Å². The first kappa shape index (κ1) is 23.1. The molecule has 1 saturated heterocycles. The van der Waals surface area contributed by atoms with E-state index in [1.165, 1.54) is 9.80 Å². The molecular formula is C27H29N3O5. The van der Waals surface area contributed by atoms with Crippen molar-refractivity contribution in [3.8, 4) is 5.75 Å². The van der Waals surface area contributed by atoms with E-state index in [-0.39, 0.29) is 24.0 Å². The lowest BCUT2D eigenvalue weighted by Crippen LogP contribution is -2.51. The van der Waals surface area contributed by atoms with Gasteiger partial charge < -0.3 is 24.5 Å². The van der Waals surface area contributed by atoms with Crippen LogP contribution in [0.3, 0.4) is 0 Å². The summed E-state index contributed by atoms with van der Waals surface area (Å²) >= 11 is 0. The maximum Gasteiger partial charge on any atom is 0.296 e. The van der Waals surface area contributed by atoms with Crippen LogP contribution in [-0.2, 0) is 26.3 Å². The Hall–Kier alpha value is -3.65. The van der Waals surface area contributed by atoms with Gasteiger partial charge in [0.15, 0.2) is 5.54 Å². The van der Waals surface area contributed by atoms with Crippen LogP contribution >= 0.6 is 0 Å². The van der Waals surface area contributed by atoms with Crippen molar-refractivity contribution in [2.24, 2.45) is 0 Å². The number of likely N-dealkylation sites (N-methyl/N-ethyl adjacent to an activating group) is 1. The molecule has 8 heteroatoms. The van der Waals surface area contributed by atoms with Crippen LogP contribution < -0.4 is 9.64 Å². The zero-order valence-electron chi connectivity index (χ0n) is 20.4. The van der Waals surface area contributed by atoms with Gasteiger partial charge in [0.2, 0.25) is 0 Å². The minimum Gasteiger partial charge on any atom is -0.507 e. The van der Waals surface area contributed by atoms with E-state index in [4.69, 9.17) is 4.74 Å². The number of carbonyl (C=O) groups is 3. The fourth-order valence-electron chi connectivity index (χ4n) is 5.53. The number of aliphatic hydroxyl groups is 1. The molecule has 3 heterocycles. The summed E-state index contributed by atoms with van der Waals surface area (Å²) in [5, 5.41) is 11.6. The Labute approximate surface area is 204 Å². The van der Waals surface area contributed by atoms with Gasteiger partial charge in [0, 0.05) is 36.8 Å². The van der Waals surface area contributed by atoms with Gasteiger partial charge in [-0.25, -0.2) is 0 Å². The molecular weight excluding hydrogens is 446 g/mol. The summed E-state index contributed by atoms with van der Waals surface area (Å²) in [6, 6.07) is 12.3. The normalized spacial score (nSPS) is 24.5. The Bertz CT molecular complexity index is 1280. The third-order valence-corrected chi connectivity index (χ3v) is 7.10. The van der Waals surface area contributed by atoms with Crippen LogP contribution in [0.25, 0.3) is 5.76 Å². The highest BCUT2D eigenvalue weighted by Crippen LogP contribution is 2.53. The number of aliphatic hydroxyl groups excluding tert-OH is 1. The molecule has 0 radical (unpaired) electrons. The summed E-state index contributed by atoms with van der Waals surface area (Å²) in [5.41, 5.74) is 0.535. The number of nitrogens with zero attached hydrogens (tertiary/aromatic N) is 3. The molecule has 1 fully saturated rings. The van der Waals surface area contributed by atoms with E-state index in [0.29, 0.717) is 36.2 Å². The van der Waals surface area contributed by atoms with Crippen LogP contribution in [0.5, 0.6) is 5.75 Å². The van der Waals surface area contributed by atoms with E-state index in [1.807, 2.05) is 32.0 Å². The van der Waals surface area contributed by atoms with Crippen molar-refractivity contribution < 1.29 is 24.2 Å². The van der Waals surface area contributed by atoms with Crippen molar-refractivity contribution in [3.05, 3.63) is 64.7 Å². The standard InChI is InChI=1S/C27H29N3O5/c1-16-14-18-15-17(10-11-21(18)35-16)23(31)22-24(32)25(33)30(13-7-12-28(2)3)27(22)19-8-5-6-9-20(19)29(4)26(27)34/h5-6,8-11,15-16,31H,7,12-14H2,1-4H3.